The Balaban J connectivity index is 2.82. The van der Waals surface area contributed by atoms with Gasteiger partial charge in [0, 0.05) is 5.56 Å². The van der Waals surface area contributed by atoms with E-state index in [-0.39, 0.29) is 5.82 Å². The van der Waals surface area contributed by atoms with Crippen molar-refractivity contribution in [3.05, 3.63) is 41.7 Å². The summed E-state index contributed by atoms with van der Waals surface area (Å²) in [6, 6.07) is 6.44. The van der Waals surface area contributed by atoms with Gasteiger partial charge in [-0.05, 0) is 13.0 Å². The summed E-state index contributed by atoms with van der Waals surface area (Å²) >= 11 is 0. The van der Waals surface area contributed by atoms with Gasteiger partial charge in [-0.2, -0.15) is 0 Å². The molecule has 0 saturated carbocycles. The minimum atomic E-state index is -0.537. The molecule has 1 nitrogen and oxygen atoms in total. The summed E-state index contributed by atoms with van der Waals surface area (Å²) in [7, 11) is 0. The van der Waals surface area contributed by atoms with Crippen molar-refractivity contribution in [1.82, 2.24) is 0 Å². The molecule has 0 amide bonds. The SMILES string of the molecule is CC(O)/C=C/c1ccccc1F. The quantitative estimate of drug-likeness (QED) is 0.714. The molecule has 0 fully saturated rings. The maximum atomic E-state index is 12.9. The van der Waals surface area contributed by atoms with Crippen LogP contribution in [0.1, 0.15) is 12.5 Å². The molecule has 0 saturated heterocycles. The van der Waals surface area contributed by atoms with Crippen molar-refractivity contribution in [2.75, 3.05) is 0 Å². The molecule has 0 aliphatic rings. The monoisotopic (exact) mass is 166 g/mol. The Morgan fingerprint density at radius 3 is 2.67 bits per heavy atom. The lowest BCUT2D eigenvalue weighted by Crippen LogP contribution is -1.91. The number of hydrogen-bond acceptors (Lipinski definition) is 1. The first-order valence-corrected chi connectivity index (χ1v) is 3.81. The average molecular weight is 166 g/mol. The second kappa shape index (κ2) is 4.02. The van der Waals surface area contributed by atoms with Crippen molar-refractivity contribution in [2.45, 2.75) is 13.0 Å². The fraction of sp³-hybridized carbons (Fsp3) is 0.200. The lowest BCUT2D eigenvalue weighted by atomic mass is 10.2. The first-order chi connectivity index (χ1) is 5.70. The minimum absolute atomic E-state index is 0.269. The Bertz CT molecular complexity index is 279. The van der Waals surface area contributed by atoms with Gasteiger partial charge < -0.3 is 5.11 Å². The van der Waals surface area contributed by atoms with E-state index in [1.165, 1.54) is 6.07 Å². The highest BCUT2D eigenvalue weighted by Crippen LogP contribution is 2.08. The standard InChI is InChI=1S/C10H11FO/c1-8(12)6-7-9-4-2-3-5-10(9)11/h2-8,12H,1H3/b7-6+. The number of halogens is 1. The van der Waals surface area contributed by atoms with Crippen LogP contribution >= 0.6 is 0 Å². The molecule has 0 aliphatic carbocycles. The van der Waals surface area contributed by atoms with E-state index >= 15 is 0 Å². The maximum Gasteiger partial charge on any atom is 0.130 e. The number of aliphatic hydroxyl groups excluding tert-OH is 1. The first-order valence-electron chi connectivity index (χ1n) is 3.81. The van der Waals surface area contributed by atoms with Gasteiger partial charge in [0.05, 0.1) is 6.10 Å². The number of benzene rings is 1. The minimum Gasteiger partial charge on any atom is -0.389 e. The number of hydrogen-bond donors (Lipinski definition) is 1. The van der Waals surface area contributed by atoms with Crippen LogP contribution in [0.5, 0.6) is 0 Å². The zero-order chi connectivity index (χ0) is 8.97. The molecule has 64 valence electrons. The van der Waals surface area contributed by atoms with E-state index in [1.807, 2.05) is 0 Å². The topological polar surface area (TPSA) is 20.2 Å². The smallest absolute Gasteiger partial charge is 0.130 e. The van der Waals surface area contributed by atoms with E-state index in [2.05, 4.69) is 0 Å². The molecule has 0 aromatic heterocycles. The highest BCUT2D eigenvalue weighted by molar-refractivity contribution is 5.50. The van der Waals surface area contributed by atoms with Gasteiger partial charge in [0.2, 0.25) is 0 Å². The zero-order valence-electron chi connectivity index (χ0n) is 6.87. The molecule has 1 rings (SSSR count). The van der Waals surface area contributed by atoms with Gasteiger partial charge >= 0.3 is 0 Å². The van der Waals surface area contributed by atoms with Crippen molar-refractivity contribution >= 4 is 6.08 Å². The van der Waals surface area contributed by atoms with Gasteiger partial charge in [0.15, 0.2) is 0 Å². The van der Waals surface area contributed by atoms with Crippen molar-refractivity contribution in [2.24, 2.45) is 0 Å². The zero-order valence-corrected chi connectivity index (χ0v) is 6.87. The summed E-state index contributed by atoms with van der Waals surface area (Å²) in [6.07, 6.45) is 2.57. The van der Waals surface area contributed by atoms with Gasteiger partial charge in [-0.3, -0.25) is 0 Å². The van der Waals surface area contributed by atoms with Gasteiger partial charge in [-0.1, -0.05) is 30.4 Å². The van der Waals surface area contributed by atoms with Gasteiger partial charge in [0.25, 0.3) is 0 Å². The molecule has 1 atom stereocenters. The summed E-state index contributed by atoms with van der Waals surface area (Å²) in [4.78, 5) is 0. The van der Waals surface area contributed by atoms with Crippen LogP contribution in [0, 0.1) is 5.82 Å². The average Bonchev–Trinajstić information content (AvgIpc) is 2.03. The van der Waals surface area contributed by atoms with E-state index in [4.69, 9.17) is 5.11 Å². The van der Waals surface area contributed by atoms with Gasteiger partial charge in [-0.15, -0.1) is 0 Å². The van der Waals surface area contributed by atoms with Gasteiger partial charge in [0.1, 0.15) is 5.82 Å². The first kappa shape index (κ1) is 8.94. The molecular formula is C10H11FO. The molecule has 0 spiro atoms. The van der Waals surface area contributed by atoms with Crippen molar-refractivity contribution in [1.29, 1.82) is 0 Å². The highest BCUT2D eigenvalue weighted by Gasteiger charge is 1.95. The summed E-state index contributed by atoms with van der Waals surface area (Å²) in [5, 5.41) is 8.90. The summed E-state index contributed by atoms with van der Waals surface area (Å²) in [6.45, 7) is 1.62. The van der Waals surface area contributed by atoms with Crippen LogP contribution in [0.3, 0.4) is 0 Å². The van der Waals surface area contributed by atoms with E-state index < -0.39 is 6.10 Å². The van der Waals surface area contributed by atoms with Crippen LogP contribution in [-0.2, 0) is 0 Å². The fourth-order valence-electron chi connectivity index (χ4n) is 0.853. The Kier molecular flexibility index (Phi) is 3.00. The second-order valence-corrected chi connectivity index (χ2v) is 2.62. The Morgan fingerprint density at radius 1 is 1.42 bits per heavy atom. The molecule has 0 aliphatic heterocycles. The molecule has 1 aromatic carbocycles. The number of rotatable bonds is 2. The molecule has 1 unspecified atom stereocenters. The van der Waals surface area contributed by atoms with Crippen molar-refractivity contribution in [3.8, 4) is 0 Å². The van der Waals surface area contributed by atoms with Crippen LogP contribution in [0.25, 0.3) is 6.08 Å². The normalized spacial score (nSPS) is 13.6. The third kappa shape index (κ3) is 2.47. The lowest BCUT2D eigenvalue weighted by molar-refractivity contribution is 0.245. The molecule has 2 heteroatoms. The molecule has 0 bridgehead atoms. The molecule has 1 N–H and O–H groups in total. The molecule has 1 aromatic rings. The van der Waals surface area contributed by atoms with Crippen LogP contribution in [0.2, 0.25) is 0 Å². The van der Waals surface area contributed by atoms with Crippen LogP contribution < -0.4 is 0 Å². The van der Waals surface area contributed by atoms with Crippen LogP contribution in [-0.4, -0.2) is 11.2 Å². The molecular weight excluding hydrogens is 155 g/mol. The molecule has 0 radical (unpaired) electrons. The van der Waals surface area contributed by atoms with Crippen molar-refractivity contribution < 1.29 is 9.50 Å². The maximum absolute atomic E-state index is 12.9. The lowest BCUT2D eigenvalue weighted by Gasteiger charge is -1.96. The summed E-state index contributed by atoms with van der Waals surface area (Å²) < 4.78 is 12.9. The molecule has 12 heavy (non-hydrogen) atoms. The predicted octanol–water partition coefficient (Wildman–Crippen LogP) is 2.22. The Morgan fingerprint density at radius 2 is 2.08 bits per heavy atom. The fourth-order valence-corrected chi connectivity index (χ4v) is 0.853. The Hall–Kier alpha value is -1.15. The summed E-state index contributed by atoms with van der Waals surface area (Å²) in [5.41, 5.74) is 0.499. The third-order valence-electron chi connectivity index (χ3n) is 1.46. The predicted molar refractivity (Wildman–Crippen MR) is 47.1 cm³/mol. The van der Waals surface area contributed by atoms with E-state index in [1.54, 1.807) is 37.3 Å². The van der Waals surface area contributed by atoms with E-state index in [0.29, 0.717) is 5.56 Å². The summed E-state index contributed by atoms with van der Waals surface area (Å²) in [5.74, 6) is -0.269. The van der Waals surface area contributed by atoms with Gasteiger partial charge in [-0.25, -0.2) is 4.39 Å². The molecule has 0 heterocycles. The van der Waals surface area contributed by atoms with Crippen molar-refractivity contribution in [3.63, 3.8) is 0 Å². The largest absolute Gasteiger partial charge is 0.389 e. The van der Waals surface area contributed by atoms with Crippen LogP contribution in [0.15, 0.2) is 30.3 Å². The second-order valence-electron chi connectivity index (χ2n) is 2.62. The Labute approximate surface area is 71.2 Å². The number of aliphatic hydroxyl groups is 1. The van der Waals surface area contributed by atoms with Crippen LogP contribution in [0.4, 0.5) is 4.39 Å². The van der Waals surface area contributed by atoms with E-state index in [0.717, 1.165) is 0 Å². The third-order valence-corrected chi connectivity index (χ3v) is 1.46. The van der Waals surface area contributed by atoms with E-state index in [9.17, 15) is 4.39 Å². The highest BCUT2D eigenvalue weighted by atomic mass is 19.1.